The lowest BCUT2D eigenvalue weighted by Gasteiger charge is -2.24. The van der Waals surface area contributed by atoms with Crippen molar-refractivity contribution in [3.05, 3.63) is 33.8 Å². The van der Waals surface area contributed by atoms with E-state index in [-0.39, 0.29) is 23.4 Å². The summed E-state index contributed by atoms with van der Waals surface area (Å²) in [7, 11) is 0. The van der Waals surface area contributed by atoms with Gasteiger partial charge in [0.25, 0.3) is 17.4 Å². The van der Waals surface area contributed by atoms with Crippen LogP contribution >= 0.6 is 0 Å². The van der Waals surface area contributed by atoms with Crippen molar-refractivity contribution in [1.29, 1.82) is 0 Å². The van der Waals surface area contributed by atoms with E-state index in [1.165, 1.54) is 21.9 Å². The van der Waals surface area contributed by atoms with Crippen molar-refractivity contribution in [3.63, 3.8) is 0 Å². The highest BCUT2D eigenvalue weighted by molar-refractivity contribution is 5.97. The summed E-state index contributed by atoms with van der Waals surface area (Å²) in [5, 5.41) is 19.1. The Balaban J connectivity index is 1.75. The molecule has 1 aliphatic heterocycles. The number of rotatable bonds is 6. The highest BCUT2D eigenvalue weighted by atomic mass is 16.7. The Morgan fingerprint density at radius 3 is 2.77 bits per heavy atom. The van der Waals surface area contributed by atoms with Crippen LogP contribution in [-0.2, 0) is 16.2 Å². The molecule has 10 nitrogen and oxygen atoms in total. The highest BCUT2D eigenvalue weighted by Crippen LogP contribution is 2.24. The smallest absolute Gasteiger partial charge is 0.291 e. The van der Waals surface area contributed by atoms with Gasteiger partial charge in [0, 0.05) is 30.8 Å². The fourth-order valence-corrected chi connectivity index (χ4v) is 3.56. The minimum absolute atomic E-state index is 0.0414. The van der Waals surface area contributed by atoms with Crippen LogP contribution in [0.25, 0.3) is 11.7 Å². The Bertz CT molecular complexity index is 1090. The molecule has 0 atom stereocenters. The van der Waals surface area contributed by atoms with Crippen LogP contribution in [0.15, 0.2) is 17.1 Å². The van der Waals surface area contributed by atoms with E-state index in [1.807, 2.05) is 13.8 Å². The second kappa shape index (κ2) is 8.54. The van der Waals surface area contributed by atoms with Crippen molar-refractivity contribution in [3.8, 4) is 5.88 Å². The largest absolute Gasteiger partial charge is 0.494 e. The first-order valence-electron chi connectivity index (χ1n) is 10.6. The molecule has 1 aliphatic carbocycles. The Morgan fingerprint density at radius 2 is 2.13 bits per heavy atom. The predicted molar refractivity (Wildman–Crippen MR) is 112 cm³/mol. The summed E-state index contributed by atoms with van der Waals surface area (Å²) in [6.45, 7) is 5.30. The molecule has 0 unspecified atom stereocenters. The molecule has 0 radical (unpaired) electrons. The first kappa shape index (κ1) is 21.1. The van der Waals surface area contributed by atoms with E-state index in [2.05, 4.69) is 10.4 Å². The molecular weight excluding hydrogens is 402 g/mol. The fraction of sp³-hybridized carbons (Fsp3) is 0.524. The van der Waals surface area contributed by atoms with Crippen LogP contribution < -0.4 is 10.9 Å². The van der Waals surface area contributed by atoms with Gasteiger partial charge in [0.15, 0.2) is 5.56 Å². The summed E-state index contributed by atoms with van der Waals surface area (Å²) < 4.78 is 2.61. The van der Waals surface area contributed by atoms with Gasteiger partial charge in [0.1, 0.15) is 5.65 Å². The van der Waals surface area contributed by atoms with Gasteiger partial charge in [-0.25, -0.2) is 5.06 Å². The zero-order valence-corrected chi connectivity index (χ0v) is 17.7. The van der Waals surface area contributed by atoms with Crippen molar-refractivity contribution < 1.29 is 19.5 Å². The summed E-state index contributed by atoms with van der Waals surface area (Å²) in [5.41, 5.74) is -0.220. The number of nitrogens with one attached hydrogen (secondary N) is 1. The lowest BCUT2D eigenvalue weighted by Crippen LogP contribution is -2.35. The van der Waals surface area contributed by atoms with Crippen LogP contribution in [-0.4, -0.2) is 55.4 Å². The third-order valence-electron chi connectivity index (χ3n) is 5.25. The average Bonchev–Trinajstić information content (AvgIpc) is 3.45. The first-order chi connectivity index (χ1) is 14.9. The quantitative estimate of drug-likeness (QED) is 0.669. The molecule has 3 heterocycles. The number of amides is 2. The van der Waals surface area contributed by atoms with Gasteiger partial charge >= 0.3 is 0 Å². The maximum Gasteiger partial charge on any atom is 0.291 e. The minimum Gasteiger partial charge on any atom is -0.494 e. The van der Waals surface area contributed by atoms with Gasteiger partial charge in [0.2, 0.25) is 5.88 Å². The van der Waals surface area contributed by atoms with Crippen molar-refractivity contribution in [2.24, 2.45) is 5.92 Å². The van der Waals surface area contributed by atoms with Crippen LogP contribution in [0.3, 0.4) is 0 Å². The van der Waals surface area contributed by atoms with E-state index in [0.29, 0.717) is 30.9 Å². The van der Waals surface area contributed by atoms with Gasteiger partial charge < -0.3 is 10.4 Å². The summed E-state index contributed by atoms with van der Waals surface area (Å²) in [6.07, 6.45) is 7.86. The second-order valence-corrected chi connectivity index (χ2v) is 8.41. The van der Waals surface area contributed by atoms with Crippen molar-refractivity contribution >= 4 is 23.5 Å². The molecule has 0 spiro atoms. The standard InChI is InChI=1S/C21H27N5O5/c1-13(2)12-24-19-14(5-8-16(27)25-9-3-4-10-31-25)11-22-26(19)21(30)17(20(24)29)18(28)23-15-6-7-15/h5,8,11,13,15,29H,3-4,6-7,9-10,12H2,1-2H3,(H,23,28). The van der Waals surface area contributed by atoms with Gasteiger partial charge in [-0.1, -0.05) is 13.8 Å². The van der Waals surface area contributed by atoms with Crippen LogP contribution in [0.2, 0.25) is 0 Å². The maximum atomic E-state index is 13.0. The Hall–Kier alpha value is -3.14. The number of fused-ring (bicyclic) bond motifs is 1. The number of aromatic nitrogens is 3. The normalized spacial score (nSPS) is 17.1. The molecule has 2 N–H and O–H groups in total. The summed E-state index contributed by atoms with van der Waals surface area (Å²) in [5.74, 6) is -1.19. The van der Waals surface area contributed by atoms with E-state index < -0.39 is 17.3 Å². The van der Waals surface area contributed by atoms with E-state index in [9.17, 15) is 19.5 Å². The van der Waals surface area contributed by atoms with E-state index >= 15 is 0 Å². The molecule has 0 bridgehead atoms. The molecule has 10 heteroatoms. The molecule has 2 aromatic heterocycles. The van der Waals surface area contributed by atoms with Gasteiger partial charge in [0.05, 0.1) is 12.8 Å². The van der Waals surface area contributed by atoms with Crippen molar-refractivity contribution in [1.82, 2.24) is 24.6 Å². The summed E-state index contributed by atoms with van der Waals surface area (Å²) >= 11 is 0. The topological polar surface area (TPSA) is 118 Å². The van der Waals surface area contributed by atoms with Crippen LogP contribution in [0.1, 0.15) is 55.5 Å². The Kier molecular flexibility index (Phi) is 5.81. The maximum absolute atomic E-state index is 13.0. The molecule has 2 amide bonds. The number of hydrogen-bond acceptors (Lipinski definition) is 6. The molecule has 2 fully saturated rings. The molecule has 2 aliphatic rings. The summed E-state index contributed by atoms with van der Waals surface area (Å²) in [4.78, 5) is 43.3. The zero-order valence-electron chi connectivity index (χ0n) is 17.7. The van der Waals surface area contributed by atoms with Crippen LogP contribution in [0.5, 0.6) is 5.88 Å². The van der Waals surface area contributed by atoms with Gasteiger partial charge in [-0.15, -0.1) is 0 Å². The number of hydroxylamine groups is 2. The lowest BCUT2D eigenvalue weighted by atomic mass is 10.2. The molecule has 4 rings (SSSR count). The van der Waals surface area contributed by atoms with Crippen LogP contribution in [0, 0.1) is 5.92 Å². The molecule has 2 aromatic rings. The minimum atomic E-state index is -0.698. The van der Waals surface area contributed by atoms with E-state index in [1.54, 1.807) is 6.08 Å². The third-order valence-corrected chi connectivity index (χ3v) is 5.25. The van der Waals surface area contributed by atoms with Crippen molar-refractivity contribution in [2.75, 3.05) is 13.2 Å². The predicted octanol–water partition coefficient (Wildman–Crippen LogP) is 1.32. The molecular formula is C21H27N5O5. The van der Waals surface area contributed by atoms with E-state index in [4.69, 9.17) is 4.84 Å². The Labute approximate surface area is 179 Å². The monoisotopic (exact) mass is 429 g/mol. The number of carbonyl (C=O) groups is 2. The average molecular weight is 429 g/mol. The summed E-state index contributed by atoms with van der Waals surface area (Å²) in [6, 6.07) is 0.0414. The number of hydrogen-bond donors (Lipinski definition) is 2. The number of aromatic hydroxyl groups is 1. The van der Waals surface area contributed by atoms with Gasteiger partial charge in [-0.05, 0) is 37.7 Å². The number of nitrogens with zero attached hydrogens (tertiary/aromatic N) is 4. The second-order valence-electron chi connectivity index (χ2n) is 8.41. The Morgan fingerprint density at radius 1 is 1.35 bits per heavy atom. The third kappa shape index (κ3) is 4.34. The zero-order chi connectivity index (χ0) is 22.1. The van der Waals surface area contributed by atoms with Crippen molar-refractivity contribution in [2.45, 2.75) is 52.1 Å². The molecule has 31 heavy (non-hydrogen) atoms. The lowest BCUT2D eigenvalue weighted by molar-refractivity contribution is -0.191. The molecule has 1 saturated carbocycles. The first-order valence-corrected chi connectivity index (χ1v) is 10.6. The van der Waals surface area contributed by atoms with Crippen LogP contribution in [0.4, 0.5) is 0 Å². The van der Waals surface area contributed by atoms with Gasteiger partial charge in [-0.3, -0.25) is 23.8 Å². The number of carbonyl (C=O) groups excluding carboxylic acids is 2. The van der Waals surface area contributed by atoms with E-state index in [0.717, 1.165) is 30.2 Å². The molecule has 1 saturated heterocycles. The molecule has 166 valence electrons. The SMILES string of the molecule is CC(C)Cn1c(O)c(C(=O)NC2CC2)c(=O)n2ncc(C=CC(=O)N3CCCCO3)c12. The highest BCUT2D eigenvalue weighted by Gasteiger charge is 2.30. The fourth-order valence-electron chi connectivity index (χ4n) is 3.56. The van der Waals surface area contributed by atoms with Gasteiger partial charge in [-0.2, -0.15) is 9.61 Å². The molecule has 0 aromatic carbocycles.